The number of piperidine rings is 1. The van der Waals surface area contributed by atoms with Gasteiger partial charge < -0.3 is 19.7 Å². The topological polar surface area (TPSA) is 59.5 Å². The van der Waals surface area contributed by atoms with Gasteiger partial charge in [-0.3, -0.25) is 0 Å². The van der Waals surface area contributed by atoms with Crippen LogP contribution in [-0.2, 0) is 6.54 Å². The highest BCUT2D eigenvalue weighted by molar-refractivity contribution is 5.85. The summed E-state index contributed by atoms with van der Waals surface area (Å²) in [4.78, 5) is 11.0. The molecule has 1 unspecified atom stereocenters. The lowest BCUT2D eigenvalue weighted by molar-refractivity contribution is 0.169. The Morgan fingerprint density at radius 2 is 1.96 bits per heavy atom. The molecule has 0 amide bonds. The summed E-state index contributed by atoms with van der Waals surface area (Å²) < 4.78 is 11.4. The number of anilines is 1. The average Bonchev–Trinajstić information content (AvgIpc) is 2.67. The molecule has 7 heteroatoms. The third kappa shape index (κ3) is 4.14. The second-order valence-electron chi connectivity index (χ2n) is 6.16. The molecule has 0 radical (unpaired) electrons. The van der Waals surface area contributed by atoms with E-state index in [1.807, 2.05) is 18.2 Å². The number of benzene rings is 1. The van der Waals surface area contributed by atoms with Crippen LogP contribution in [0.3, 0.4) is 0 Å². The van der Waals surface area contributed by atoms with Crippen LogP contribution in [0.1, 0.15) is 18.4 Å². The molecule has 2 aliphatic heterocycles. The summed E-state index contributed by atoms with van der Waals surface area (Å²) >= 11 is 0. The van der Waals surface area contributed by atoms with Gasteiger partial charge in [-0.25, -0.2) is 9.97 Å². The zero-order valence-corrected chi connectivity index (χ0v) is 14.9. The van der Waals surface area contributed by atoms with Gasteiger partial charge in [0.05, 0.1) is 0 Å². The highest BCUT2D eigenvalue weighted by Crippen LogP contribution is 2.33. The number of hydrogen-bond acceptors (Lipinski definition) is 6. The first kappa shape index (κ1) is 17.8. The maximum Gasteiger partial charge on any atom is 0.225 e. The van der Waals surface area contributed by atoms with Gasteiger partial charge in [-0.2, -0.15) is 0 Å². The number of rotatable bonds is 4. The molecule has 25 heavy (non-hydrogen) atoms. The quantitative estimate of drug-likeness (QED) is 0.901. The van der Waals surface area contributed by atoms with Crippen molar-refractivity contribution < 1.29 is 9.47 Å². The molecule has 1 aromatic carbocycles. The third-order valence-corrected chi connectivity index (χ3v) is 4.49. The molecule has 0 saturated carbocycles. The van der Waals surface area contributed by atoms with Crippen LogP contribution in [0.2, 0.25) is 0 Å². The van der Waals surface area contributed by atoms with Crippen LogP contribution in [-0.4, -0.2) is 42.3 Å². The Morgan fingerprint density at radius 1 is 1.12 bits per heavy atom. The van der Waals surface area contributed by atoms with E-state index in [4.69, 9.17) is 9.47 Å². The summed E-state index contributed by atoms with van der Waals surface area (Å²) in [5.74, 6) is 2.55. The minimum absolute atomic E-state index is 0. The second-order valence-corrected chi connectivity index (χ2v) is 6.16. The minimum atomic E-state index is 0. The summed E-state index contributed by atoms with van der Waals surface area (Å²) in [7, 11) is 0. The molecule has 1 atom stereocenters. The van der Waals surface area contributed by atoms with Crippen molar-refractivity contribution in [2.24, 2.45) is 0 Å². The lowest BCUT2D eigenvalue weighted by Crippen LogP contribution is -2.46. The number of hydrogen-bond donors (Lipinski definition) is 1. The van der Waals surface area contributed by atoms with Crippen molar-refractivity contribution in [3.8, 4) is 11.5 Å². The Hall–Kier alpha value is -2.05. The van der Waals surface area contributed by atoms with Gasteiger partial charge in [0.2, 0.25) is 5.95 Å². The van der Waals surface area contributed by atoms with Crippen LogP contribution in [0.15, 0.2) is 36.7 Å². The molecule has 6 nitrogen and oxygen atoms in total. The van der Waals surface area contributed by atoms with E-state index in [1.165, 1.54) is 0 Å². The molecule has 0 bridgehead atoms. The van der Waals surface area contributed by atoms with Crippen LogP contribution in [0.4, 0.5) is 5.95 Å². The Labute approximate surface area is 154 Å². The van der Waals surface area contributed by atoms with E-state index >= 15 is 0 Å². The van der Waals surface area contributed by atoms with Gasteiger partial charge in [0, 0.05) is 43.6 Å². The minimum Gasteiger partial charge on any atom is -0.486 e. The summed E-state index contributed by atoms with van der Waals surface area (Å²) in [5, 5.41) is 3.65. The number of aromatic nitrogens is 2. The molecule has 4 rings (SSSR count). The first-order chi connectivity index (χ1) is 11.9. The average molecular weight is 363 g/mol. The molecule has 0 spiro atoms. The van der Waals surface area contributed by atoms with Crippen molar-refractivity contribution in [3.05, 3.63) is 42.2 Å². The van der Waals surface area contributed by atoms with Crippen LogP contribution < -0.4 is 19.7 Å². The Bertz CT molecular complexity index is 686. The molecular weight excluding hydrogens is 340 g/mol. The highest BCUT2D eigenvalue weighted by Gasteiger charge is 2.22. The molecule has 1 fully saturated rings. The van der Waals surface area contributed by atoms with E-state index in [0.717, 1.165) is 55.5 Å². The third-order valence-electron chi connectivity index (χ3n) is 4.49. The summed E-state index contributed by atoms with van der Waals surface area (Å²) in [6.07, 6.45) is 5.90. The second kappa shape index (κ2) is 8.36. The normalized spacial score (nSPS) is 19.2. The predicted molar refractivity (Wildman–Crippen MR) is 98.8 cm³/mol. The van der Waals surface area contributed by atoms with Crippen LogP contribution in [0.5, 0.6) is 11.5 Å². The number of para-hydroxylation sites is 1. The molecule has 1 N–H and O–H groups in total. The molecule has 0 aliphatic carbocycles. The maximum atomic E-state index is 5.79. The van der Waals surface area contributed by atoms with Gasteiger partial charge in [-0.1, -0.05) is 12.1 Å². The molecular formula is C18H23ClN4O2. The largest absolute Gasteiger partial charge is 0.486 e. The van der Waals surface area contributed by atoms with E-state index < -0.39 is 0 Å². The van der Waals surface area contributed by atoms with Crippen molar-refractivity contribution >= 4 is 18.4 Å². The van der Waals surface area contributed by atoms with E-state index in [2.05, 4.69) is 26.3 Å². The van der Waals surface area contributed by atoms with Crippen molar-refractivity contribution in [2.45, 2.75) is 25.4 Å². The number of fused-ring (bicyclic) bond motifs is 1. The van der Waals surface area contributed by atoms with Crippen LogP contribution in [0, 0.1) is 0 Å². The fourth-order valence-electron chi connectivity index (χ4n) is 3.31. The molecule has 134 valence electrons. The molecule has 3 heterocycles. The number of nitrogens with zero attached hydrogens (tertiary/aromatic N) is 3. The van der Waals surface area contributed by atoms with Gasteiger partial charge in [0.1, 0.15) is 13.2 Å². The smallest absolute Gasteiger partial charge is 0.225 e. The van der Waals surface area contributed by atoms with Crippen molar-refractivity contribution in [1.29, 1.82) is 0 Å². The molecule has 1 saturated heterocycles. The van der Waals surface area contributed by atoms with Crippen molar-refractivity contribution in [3.63, 3.8) is 0 Å². The van der Waals surface area contributed by atoms with E-state index in [0.29, 0.717) is 19.3 Å². The van der Waals surface area contributed by atoms with E-state index in [1.54, 1.807) is 12.4 Å². The van der Waals surface area contributed by atoms with Gasteiger partial charge >= 0.3 is 0 Å². The predicted octanol–water partition coefficient (Wildman–Crippen LogP) is 2.43. The van der Waals surface area contributed by atoms with Crippen molar-refractivity contribution in [1.82, 2.24) is 15.3 Å². The summed E-state index contributed by atoms with van der Waals surface area (Å²) in [5.41, 5.74) is 1.15. The number of ether oxygens (including phenoxy) is 2. The van der Waals surface area contributed by atoms with E-state index in [-0.39, 0.29) is 12.4 Å². The van der Waals surface area contributed by atoms with E-state index in [9.17, 15) is 0 Å². The first-order valence-corrected chi connectivity index (χ1v) is 8.53. The lowest BCUT2D eigenvalue weighted by atomic mass is 10.1. The monoisotopic (exact) mass is 362 g/mol. The SMILES string of the molecule is Cl.c1cnc(N2CCCC(NCc3cccc4c3OCCO4)C2)nc1. The summed E-state index contributed by atoms with van der Waals surface area (Å²) in [6, 6.07) is 8.36. The van der Waals surface area contributed by atoms with Gasteiger partial charge in [0.25, 0.3) is 0 Å². The van der Waals surface area contributed by atoms with Crippen molar-refractivity contribution in [2.75, 3.05) is 31.2 Å². The van der Waals surface area contributed by atoms with Gasteiger partial charge in [-0.15, -0.1) is 12.4 Å². The standard InChI is InChI=1S/C18H22N4O2.ClH/c1-4-14(17-16(6-1)23-10-11-24-17)12-21-15-5-2-9-22(13-15)18-19-7-3-8-20-18;/h1,3-4,6-8,15,21H,2,5,9-13H2;1H. The van der Waals surface area contributed by atoms with Crippen LogP contribution >= 0.6 is 12.4 Å². The first-order valence-electron chi connectivity index (χ1n) is 8.53. The Balaban J connectivity index is 0.00000182. The molecule has 2 aliphatic rings. The highest BCUT2D eigenvalue weighted by atomic mass is 35.5. The number of nitrogens with one attached hydrogen (secondary N) is 1. The number of halogens is 1. The maximum absolute atomic E-state index is 5.79. The zero-order chi connectivity index (χ0) is 16.2. The summed E-state index contributed by atoms with van der Waals surface area (Å²) in [6.45, 7) is 3.96. The zero-order valence-electron chi connectivity index (χ0n) is 14.1. The lowest BCUT2D eigenvalue weighted by Gasteiger charge is -2.33. The fraction of sp³-hybridized carbons (Fsp3) is 0.444. The van der Waals surface area contributed by atoms with Crippen LogP contribution in [0.25, 0.3) is 0 Å². The molecule has 1 aromatic heterocycles. The Morgan fingerprint density at radius 3 is 2.84 bits per heavy atom. The van der Waals surface area contributed by atoms with Gasteiger partial charge in [-0.05, 0) is 25.0 Å². The fourth-order valence-corrected chi connectivity index (χ4v) is 3.31. The van der Waals surface area contributed by atoms with Gasteiger partial charge in [0.15, 0.2) is 11.5 Å². The molecule has 2 aromatic rings. The Kier molecular flexibility index (Phi) is 5.94.